The molecule has 0 aromatic carbocycles. The Morgan fingerprint density at radius 3 is 1.40 bits per heavy atom. The van der Waals surface area contributed by atoms with Crippen LogP contribution in [0.5, 0.6) is 0 Å². The normalized spacial score (nSPS) is 29.5. The fraction of sp³-hybridized carbons (Fsp3) is 1.00. The zero-order valence-electron chi connectivity index (χ0n) is 9.48. The number of fused-ring (bicyclic) bond motifs is 3. The molecule has 0 spiro atoms. The van der Waals surface area contributed by atoms with Crippen molar-refractivity contribution < 1.29 is 12.6 Å². The number of hydrogen-bond donors (Lipinski definition) is 0. The van der Waals surface area contributed by atoms with Gasteiger partial charge in [-0.3, -0.25) is 14.0 Å². The van der Waals surface area contributed by atoms with Gasteiger partial charge in [-0.15, -0.1) is 0 Å². The number of nitrogens with zero attached hydrogens (tertiary/aromatic N) is 2. The van der Waals surface area contributed by atoms with Crippen LogP contribution in [-0.4, -0.2) is 70.3 Å². The molecule has 0 aromatic rings. The molecule has 3 rings (SSSR count). The molecule has 2 bridgehead atoms. The summed E-state index contributed by atoms with van der Waals surface area (Å²) in [5, 5.41) is 0. The van der Waals surface area contributed by atoms with Crippen molar-refractivity contribution in [2.75, 3.05) is 52.1 Å². The summed E-state index contributed by atoms with van der Waals surface area (Å²) in [5.74, 6) is 0. The highest BCUT2D eigenvalue weighted by atomic mass is 32.2. The Bertz CT molecular complexity index is 248. The maximum atomic E-state index is 10.0. The molecule has 0 N–H and O–H groups in total. The van der Waals surface area contributed by atoms with Gasteiger partial charge in [-0.1, -0.05) is 0 Å². The summed E-state index contributed by atoms with van der Waals surface area (Å²) in [5.41, 5.74) is 0. The van der Waals surface area contributed by atoms with Crippen molar-refractivity contribution in [1.29, 1.82) is 0 Å². The van der Waals surface area contributed by atoms with E-state index in [0.29, 0.717) is 0 Å². The Labute approximate surface area is 92.1 Å². The second kappa shape index (κ2) is 5.79. The Morgan fingerprint density at radius 2 is 1.33 bits per heavy atom. The molecule has 5 nitrogen and oxygen atoms in total. The van der Waals surface area contributed by atoms with Crippen LogP contribution in [0.15, 0.2) is 0 Å². The van der Waals surface area contributed by atoms with Crippen molar-refractivity contribution >= 4 is 10.1 Å². The van der Waals surface area contributed by atoms with Crippen LogP contribution < -0.4 is 0 Å². The fourth-order valence-corrected chi connectivity index (χ4v) is 2.16. The third-order valence-corrected chi connectivity index (χ3v) is 3.19. The first-order chi connectivity index (χ1) is 7.01. The number of rotatable bonds is 2. The first kappa shape index (κ1) is 12.9. The Hall–Kier alpha value is -0.170. The minimum absolute atomic E-state index is 0.221. The lowest BCUT2D eigenvalue weighted by Crippen LogP contribution is -2.55. The van der Waals surface area contributed by atoms with Gasteiger partial charge in [0.1, 0.15) is 0 Å². The van der Waals surface area contributed by atoms with Crippen LogP contribution in [0.25, 0.3) is 0 Å². The molecule has 0 aliphatic carbocycles. The molecule has 0 unspecified atom stereocenters. The molecule has 3 aliphatic rings. The standard InChI is InChI=1S/C6H12N2.C3H8O3S/c1-2-8-5-3-7(1)4-6-8;1-3-6-7(2,4)5/h1-6H2;3H2,1-2H3. The molecule has 0 saturated carbocycles. The molecule has 3 heterocycles. The van der Waals surface area contributed by atoms with E-state index in [1.165, 1.54) is 39.3 Å². The molecule has 3 fully saturated rings. The fourth-order valence-electron chi connectivity index (χ4n) is 1.73. The highest BCUT2D eigenvalue weighted by Gasteiger charge is 2.21. The Kier molecular flexibility index (Phi) is 4.98. The van der Waals surface area contributed by atoms with Gasteiger partial charge in [0.25, 0.3) is 10.1 Å². The van der Waals surface area contributed by atoms with Crippen molar-refractivity contribution in [2.24, 2.45) is 0 Å². The predicted molar refractivity (Wildman–Crippen MR) is 59.3 cm³/mol. The summed E-state index contributed by atoms with van der Waals surface area (Å²) in [6.45, 7) is 9.76. The molecule has 0 aromatic heterocycles. The Balaban J connectivity index is 0.000000153. The maximum absolute atomic E-state index is 10.0. The van der Waals surface area contributed by atoms with Gasteiger partial charge in [0.05, 0.1) is 12.9 Å². The molecule has 0 amide bonds. The van der Waals surface area contributed by atoms with Crippen LogP contribution in [0, 0.1) is 0 Å². The number of piperazine rings is 3. The van der Waals surface area contributed by atoms with Crippen molar-refractivity contribution in [3.05, 3.63) is 0 Å². The lowest BCUT2D eigenvalue weighted by Gasteiger charge is -2.41. The van der Waals surface area contributed by atoms with Gasteiger partial charge in [0.15, 0.2) is 0 Å². The summed E-state index contributed by atoms with van der Waals surface area (Å²) < 4.78 is 24.2. The van der Waals surface area contributed by atoms with Gasteiger partial charge in [0.2, 0.25) is 0 Å². The molecule has 3 aliphatic heterocycles. The third kappa shape index (κ3) is 5.46. The van der Waals surface area contributed by atoms with E-state index in [4.69, 9.17) is 0 Å². The van der Waals surface area contributed by atoms with E-state index in [9.17, 15) is 8.42 Å². The zero-order valence-corrected chi connectivity index (χ0v) is 10.3. The average Bonchev–Trinajstić information content (AvgIpc) is 2.20. The topological polar surface area (TPSA) is 49.9 Å². The van der Waals surface area contributed by atoms with Crippen LogP contribution >= 0.6 is 0 Å². The van der Waals surface area contributed by atoms with Crippen LogP contribution in [0.3, 0.4) is 0 Å². The summed E-state index contributed by atoms with van der Waals surface area (Å²) in [4.78, 5) is 5.08. The average molecular weight is 236 g/mol. The lowest BCUT2D eigenvalue weighted by atomic mass is 10.2. The highest BCUT2D eigenvalue weighted by Crippen LogP contribution is 2.06. The van der Waals surface area contributed by atoms with E-state index >= 15 is 0 Å². The first-order valence-corrected chi connectivity index (χ1v) is 7.12. The van der Waals surface area contributed by atoms with Crippen LogP contribution in [0.1, 0.15) is 6.92 Å². The first-order valence-electron chi connectivity index (χ1n) is 5.30. The Morgan fingerprint density at radius 1 is 1.00 bits per heavy atom. The van der Waals surface area contributed by atoms with E-state index in [1.54, 1.807) is 6.92 Å². The van der Waals surface area contributed by atoms with E-state index < -0.39 is 10.1 Å². The highest BCUT2D eigenvalue weighted by molar-refractivity contribution is 7.85. The second-order valence-corrected chi connectivity index (χ2v) is 5.44. The molecular formula is C9H20N2O3S. The maximum Gasteiger partial charge on any atom is 0.264 e. The summed E-state index contributed by atoms with van der Waals surface area (Å²) in [6.07, 6.45) is 1.02. The molecule has 0 radical (unpaired) electrons. The monoisotopic (exact) mass is 236 g/mol. The molecule has 3 saturated heterocycles. The third-order valence-electron chi connectivity index (χ3n) is 2.53. The van der Waals surface area contributed by atoms with Crippen molar-refractivity contribution in [3.63, 3.8) is 0 Å². The SMILES string of the molecule is C1CN2CCN1CC2.CCOS(C)(=O)=O. The summed E-state index contributed by atoms with van der Waals surface area (Å²) in [7, 11) is -3.17. The second-order valence-electron chi connectivity index (χ2n) is 3.79. The summed E-state index contributed by atoms with van der Waals surface area (Å²) in [6, 6.07) is 0. The van der Waals surface area contributed by atoms with Gasteiger partial charge in [-0.25, -0.2) is 0 Å². The van der Waals surface area contributed by atoms with Crippen molar-refractivity contribution in [3.8, 4) is 0 Å². The summed E-state index contributed by atoms with van der Waals surface area (Å²) >= 11 is 0. The van der Waals surface area contributed by atoms with E-state index in [-0.39, 0.29) is 6.61 Å². The van der Waals surface area contributed by atoms with Crippen LogP contribution in [-0.2, 0) is 14.3 Å². The predicted octanol–water partition coefficient (Wildman–Crippen LogP) is -0.400. The number of hydrogen-bond acceptors (Lipinski definition) is 5. The van der Waals surface area contributed by atoms with Crippen LogP contribution in [0.4, 0.5) is 0 Å². The molecule has 15 heavy (non-hydrogen) atoms. The minimum atomic E-state index is -3.17. The lowest BCUT2D eigenvalue weighted by molar-refractivity contribution is 0.0647. The zero-order chi connectivity index (χ0) is 11.3. The van der Waals surface area contributed by atoms with E-state index in [0.717, 1.165) is 6.26 Å². The van der Waals surface area contributed by atoms with Crippen molar-refractivity contribution in [2.45, 2.75) is 6.92 Å². The largest absolute Gasteiger partial charge is 0.300 e. The molecular weight excluding hydrogens is 216 g/mol. The van der Waals surface area contributed by atoms with Gasteiger partial charge < -0.3 is 0 Å². The van der Waals surface area contributed by atoms with E-state index in [1.807, 2.05) is 0 Å². The molecule has 0 atom stereocenters. The molecule has 6 heteroatoms. The van der Waals surface area contributed by atoms with Gasteiger partial charge in [-0.05, 0) is 6.92 Å². The van der Waals surface area contributed by atoms with Gasteiger partial charge >= 0.3 is 0 Å². The smallest absolute Gasteiger partial charge is 0.264 e. The van der Waals surface area contributed by atoms with Gasteiger partial charge in [0, 0.05) is 39.3 Å². The van der Waals surface area contributed by atoms with Crippen LogP contribution in [0.2, 0.25) is 0 Å². The minimum Gasteiger partial charge on any atom is -0.300 e. The van der Waals surface area contributed by atoms with E-state index in [2.05, 4.69) is 14.0 Å². The van der Waals surface area contributed by atoms with Crippen molar-refractivity contribution in [1.82, 2.24) is 9.80 Å². The van der Waals surface area contributed by atoms with Gasteiger partial charge in [-0.2, -0.15) is 8.42 Å². The molecule has 90 valence electrons. The quantitative estimate of drug-likeness (QED) is 0.611.